The van der Waals surface area contributed by atoms with E-state index in [1.54, 1.807) is 32.4 Å². The molecule has 0 atom stereocenters. The first-order chi connectivity index (χ1) is 9.71. The van der Waals surface area contributed by atoms with Crippen molar-refractivity contribution in [2.24, 2.45) is 4.99 Å². The molecule has 0 saturated heterocycles. The third-order valence-corrected chi connectivity index (χ3v) is 2.70. The van der Waals surface area contributed by atoms with Crippen molar-refractivity contribution < 1.29 is 14.6 Å². The molecule has 1 aromatic rings. The fourth-order valence-corrected chi connectivity index (χ4v) is 1.62. The van der Waals surface area contributed by atoms with Crippen LogP contribution in [-0.2, 0) is 11.3 Å². The van der Waals surface area contributed by atoms with Gasteiger partial charge in [-0.3, -0.25) is 4.99 Å². The molecule has 0 aromatic heterocycles. The summed E-state index contributed by atoms with van der Waals surface area (Å²) in [5, 5.41) is 16.0. The molecule has 0 saturated carbocycles. The molecule has 3 N–H and O–H groups in total. The minimum atomic E-state index is 0.225. The molecule has 0 fully saturated rings. The van der Waals surface area contributed by atoms with E-state index >= 15 is 0 Å². The summed E-state index contributed by atoms with van der Waals surface area (Å²) in [4.78, 5) is 4.10. The molecule has 1 aromatic carbocycles. The lowest BCUT2D eigenvalue weighted by atomic mass is 10.2. The van der Waals surface area contributed by atoms with Crippen molar-refractivity contribution in [1.29, 1.82) is 0 Å². The second-order valence-electron chi connectivity index (χ2n) is 4.04. The minimum Gasteiger partial charge on any atom is -0.508 e. The van der Waals surface area contributed by atoms with Gasteiger partial charge in [-0.15, -0.1) is 0 Å². The number of guanidine groups is 1. The van der Waals surface area contributed by atoms with Crippen LogP contribution < -0.4 is 15.4 Å². The first-order valence-electron chi connectivity index (χ1n) is 6.59. The lowest BCUT2D eigenvalue weighted by Gasteiger charge is -2.13. The van der Waals surface area contributed by atoms with Gasteiger partial charge in [0.1, 0.15) is 11.5 Å². The summed E-state index contributed by atoms with van der Waals surface area (Å²) in [6.45, 7) is 4.42. The highest BCUT2D eigenvalue weighted by molar-refractivity contribution is 5.79. The lowest BCUT2D eigenvalue weighted by molar-refractivity contribution is 0.152. The summed E-state index contributed by atoms with van der Waals surface area (Å²) < 4.78 is 10.4. The number of rotatable bonds is 7. The van der Waals surface area contributed by atoms with Crippen LogP contribution in [0.15, 0.2) is 23.2 Å². The zero-order chi connectivity index (χ0) is 14.8. The number of ether oxygens (including phenoxy) is 2. The molecule has 0 radical (unpaired) electrons. The SMILES string of the molecule is CCOCCNC(=NC)NCc1cc(OC)ccc1O. The molecule has 112 valence electrons. The van der Waals surface area contributed by atoms with Crippen molar-refractivity contribution >= 4 is 5.96 Å². The third-order valence-electron chi connectivity index (χ3n) is 2.70. The van der Waals surface area contributed by atoms with Gasteiger partial charge in [-0.05, 0) is 25.1 Å². The zero-order valence-corrected chi connectivity index (χ0v) is 12.3. The molecule has 0 aliphatic carbocycles. The van der Waals surface area contributed by atoms with Crippen LogP contribution in [0.4, 0.5) is 0 Å². The van der Waals surface area contributed by atoms with Crippen molar-refractivity contribution in [2.45, 2.75) is 13.5 Å². The first kappa shape index (κ1) is 16.1. The fraction of sp³-hybridized carbons (Fsp3) is 0.500. The predicted molar refractivity (Wildman–Crippen MR) is 79.4 cm³/mol. The van der Waals surface area contributed by atoms with E-state index in [2.05, 4.69) is 15.6 Å². The van der Waals surface area contributed by atoms with Crippen LogP contribution in [-0.4, -0.2) is 45.0 Å². The quantitative estimate of drug-likeness (QED) is 0.396. The lowest BCUT2D eigenvalue weighted by Crippen LogP contribution is -2.38. The second kappa shape index (κ2) is 9.03. The highest BCUT2D eigenvalue weighted by Gasteiger charge is 2.04. The van der Waals surface area contributed by atoms with Crippen LogP contribution in [0.5, 0.6) is 11.5 Å². The summed E-state index contributed by atoms with van der Waals surface area (Å²) in [5.41, 5.74) is 0.747. The summed E-state index contributed by atoms with van der Waals surface area (Å²) in [6, 6.07) is 5.12. The molecule has 0 bridgehead atoms. The number of phenols is 1. The smallest absolute Gasteiger partial charge is 0.191 e. The van der Waals surface area contributed by atoms with Crippen molar-refractivity contribution in [3.8, 4) is 11.5 Å². The van der Waals surface area contributed by atoms with E-state index in [-0.39, 0.29) is 5.75 Å². The van der Waals surface area contributed by atoms with Gasteiger partial charge in [0.2, 0.25) is 0 Å². The molecule has 20 heavy (non-hydrogen) atoms. The molecule has 0 aliphatic rings. The van der Waals surface area contributed by atoms with E-state index in [1.807, 2.05) is 6.92 Å². The monoisotopic (exact) mass is 281 g/mol. The average Bonchev–Trinajstić information content (AvgIpc) is 2.48. The number of phenolic OH excluding ortho intramolecular Hbond substituents is 1. The van der Waals surface area contributed by atoms with Gasteiger partial charge in [0.25, 0.3) is 0 Å². The summed E-state index contributed by atoms with van der Waals surface area (Å²) in [5.74, 6) is 1.59. The number of nitrogens with zero attached hydrogens (tertiary/aromatic N) is 1. The number of hydrogen-bond donors (Lipinski definition) is 3. The van der Waals surface area contributed by atoms with Crippen LogP contribution >= 0.6 is 0 Å². The van der Waals surface area contributed by atoms with Gasteiger partial charge in [0, 0.05) is 32.3 Å². The molecule has 0 heterocycles. The van der Waals surface area contributed by atoms with Gasteiger partial charge < -0.3 is 25.2 Å². The Hall–Kier alpha value is -1.95. The Kier molecular flexibility index (Phi) is 7.27. The molecule has 0 unspecified atom stereocenters. The van der Waals surface area contributed by atoms with Crippen molar-refractivity contribution in [3.05, 3.63) is 23.8 Å². The van der Waals surface area contributed by atoms with Crippen LogP contribution in [0.3, 0.4) is 0 Å². The Morgan fingerprint density at radius 1 is 1.35 bits per heavy atom. The van der Waals surface area contributed by atoms with Crippen LogP contribution in [0.2, 0.25) is 0 Å². The van der Waals surface area contributed by atoms with Gasteiger partial charge >= 0.3 is 0 Å². The molecule has 6 heteroatoms. The van der Waals surface area contributed by atoms with E-state index in [0.29, 0.717) is 38.0 Å². The fourth-order valence-electron chi connectivity index (χ4n) is 1.62. The highest BCUT2D eigenvalue weighted by Crippen LogP contribution is 2.22. The largest absolute Gasteiger partial charge is 0.508 e. The first-order valence-corrected chi connectivity index (χ1v) is 6.59. The molecule has 0 spiro atoms. The summed E-state index contributed by atoms with van der Waals surface area (Å²) in [6.07, 6.45) is 0. The van der Waals surface area contributed by atoms with Gasteiger partial charge in [0.05, 0.1) is 13.7 Å². The molecule has 1 rings (SSSR count). The van der Waals surface area contributed by atoms with Crippen molar-refractivity contribution in [1.82, 2.24) is 10.6 Å². The zero-order valence-electron chi connectivity index (χ0n) is 12.3. The number of hydrogen-bond acceptors (Lipinski definition) is 4. The van der Waals surface area contributed by atoms with E-state index in [9.17, 15) is 5.11 Å². The number of methoxy groups -OCH3 is 1. The van der Waals surface area contributed by atoms with Crippen molar-refractivity contribution in [3.63, 3.8) is 0 Å². The van der Waals surface area contributed by atoms with Crippen LogP contribution in [0.1, 0.15) is 12.5 Å². The maximum atomic E-state index is 9.79. The molecule has 6 nitrogen and oxygen atoms in total. The maximum absolute atomic E-state index is 9.79. The number of benzene rings is 1. The molecule has 0 aliphatic heterocycles. The molecular formula is C14H23N3O3. The van der Waals surface area contributed by atoms with Gasteiger partial charge in [-0.1, -0.05) is 0 Å². The standard InChI is InChI=1S/C14H23N3O3/c1-4-20-8-7-16-14(15-2)17-10-11-9-12(19-3)5-6-13(11)18/h5-6,9,18H,4,7-8,10H2,1-3H3,(H2,15,16,17). The molecule has 0 amide bonds. The van der Waals surface area contributed by atoms with Crippen molar-refractivity contribution in [2.75, 3.05) is 33.9 Å². The maximum Gasteiger partial charge on any atom is 0.191 e. The van der Waals surface area contributed by atoms with Crippen LogP contribution in [0.25, 0.3) is 0 Å². The predicted octanol–water partition coefficient (Wildman–Crippen LogP) is 1.10. The van der Waals surface area contributed by atoms with E-state index in [1.165, 1.54) is 0 Å². The van der Waals surface area contributed by atoms with Gasteiger partial charge in [-0.2, -0.15) is 0 Å². The number of aliphatic imine (C=N–C) groups is 1. The summed E-state index contributed by atoms with van der Waals surface area (Å²) in [7, 11) is 3.29. The number of aromatic hydroxyl groups is 1. The summed E-state index contributed by atoms with van der Waals surface area (Å²) >= 11 is 0. The Labute approximate surface area is 119 Å². The van der Waals surface area contributed by atoms with E-state index in [0.717, 1.165) is 5.56 Å². The Bertz CT molecular complexity index is 436. The topological polar surface area (TPSA) is 75.1 Å². The second-order valence-corrected chi connectivity index (χ2v) is 4.04. The van der Waals surface area contributed by atoms with Gasteiger partial charge in [-0.25, -0.2) is 0 Å². The highest BCUT2D eigenvalue weighted by atomic mass is 16.5. The Morgan fingerprint density at radius 3 is 2.80 bits per heavy atom. The molecular weight excluding hydrogens is 258 g/mol. The Balaban J connectivity index is 2.48. The van der Waals surface area contributed by atoms with Gasteiger partial charge in [0.15, 0.2) is 5.96 Å². The van der Waals surface area contributed by atoms with Crippen LogP contribution in [0, 0.1) is 0 Å². The third kappa shape index (κ3) is 5.36. The van der Waals surface area contributed by atoms with E-state index in [4.69, 9.17) is 9.47 Å². The average molecular weight is 281 g/mol. The number of nitrogens with one attached hydrogen (secondary N) is 2. The minimum absolute atomic E-state index is 0.225. The normalized spacial score (nSPS) is 11.2. The van der Waals surface area contributed by atoms with E-state index < -0.39 is 0 Å². The Morgan fingerprint density at radius 2 is 2.15 bits per heavy atom.